The Bertz CT molecular complexity index is 1130. The monoisotopic (exact) mass is 388 g/mol. The van der Waals surface area contributed by atoms with Crippen LogP contribution in [0.5, 0.6) is 17.2 Å². The maximum Gasteiger partial charge on any atom is 0.343 e. The molecular formula is C24H20O5. The molecule has 0 atom stereocenters. The van der Waals surface area contributed by atoms with E-state index in [1.165, 1.54) is 0 Å². The lowest BCUT2D eigenvalue weighted by molar-refractivity contribution is -0.130. The van der Waals surface area contributed by atoms with Gasteiger partial charge in [0.05, 0.1) is 26.9 Å². The lowest BCUT2D eigenvalue weighted by Gasteiger charge is -2.12. The van der Waals surface area contributed by atoms with Gasteiger partial charge in [0.25, 0.3) is 0 Å². The van der Waals surface area contributed by atoms with Gasteiger partial charge in [0.15, 0.2) is 11.5 Å². The van der Waals surface area contributed by atoms with Crippen molar-refractivity contribution in [2.75, 3.05) is 21.3 Å². The number of fused-ring (bicyclic) bond motifs is 1. The van der Waals surface area contributed by atoms with Crippen molar-refractivity contribution < 1.29 is 23.7 Å². The number of benzene rings is 3. The van der Waals surface area contributed by atoms with E-state index in [9.17, 15) is 4.79 Å². The molecule has 0 aliphatic carbocycles. The molecule has 0 aromatic heterocycles. The number of carbonyl (C=O) groups excluding carboxylic acids is 1. The van der Waals surface area contributed by atoms with Crippen molar-refractivity contribution in [3.8, 4) is 17.2 Å². The maximum absolute atomic E-state index is 12.5. The fraction of sp³-hybridized carbons (Fsp3) is 0.125. The predicted octanol–water partition coefficient (Wildman–Crippen LogP) is 4.85. The second kappa shape index (κ2) is 7.72. The first kappa shape index (κ1) is 18.6. The fourth-order valence-corrected chi connectivity index (χ4v) is 3.43. The van der Waals surface area contributed by atoms with E-state index in [0.717, 1.165) is 21.9 Å². The number of methoxy groups -OCH3 is 3. The molecule has 3 aromatic carbocycles. The van der Waals surface area contributed by atoms with Crippen molar-refractivity contribution in [2.45, 2.75) is 0 Å². The number of rotatable bonds is 5. The summed E-state index contributed by atoms with van der Waals surface area (Å²) in [6, 6.07) is 17.5. The summed E-state index contributed by atoms with van der Waals surface area (Å²) in [4.78, 5) is 12.5. The first-order valence-electron chi connectivity index (χ1n) is 9.08. The number of carbonyl (C=O) groups is 1. The minimum atomic E-state index is -0.401. The lowest BCUT2D eigenvalue weighted by Crippen LogP contribution is -1.98. The molecule has 0 fully saturated rings. The number of ether oxygens (including phenoxy) is 4. The van der Waals surface area contributed by atoms with E-state index < -0.39 is 5.97 Å². The van der Waals surface area contributed by atoms with Gasteiger partial charge in [-0.3, -0.25) is 0 Å². The molecule has 0 amide bonds. The van der Waals surface area contributed by atoms with Crippen LogP contribution in [0.1, 0.15) is 11.1 Å². The van der Waals surface area contributed by atoms with Crippen LogP contribution in [-0.2, 0) is 9.53 Å². The first-order valence-corrected chi connectivity index (χ1v) is 9.08. The van der Waals surface area contributed by atoms with Gasteiger partial charge in [0.2, 0.25) is 5.75 Å². The summed E-state index contributed by atoms with van der Waals surface area (Å²) in [6.45, 7) is 0. The third-order valence-corrected chi connectivity index (χ3v) is 4.79. The van der Waals surface area contributed by atoms with E-state index in [2.05, 4.69) is 0 Å². The van der Waals surface area contributed by atoms with Crippen molar-refractivity contribution in [1.29, 1.82) is 0 Å². The van der Waals surface area contributed by atoms with Crippen LogP contribution < -0.4 is 14.2 Å². The average Bonchev–Trinajstić information content (AvgIpc) is 3.12. The van der Waals surface area contributed by atoms with Crippen LogP contribution in [-0.4, -0.2) is 27.3 Å². The molecule has 3 aromatic rings. The van der Waals surface area contributed by atoms with Crippen molar-refractivity contribution in [1.82, 2.24) is 0 Å². The summed E-state index contributed by atoms with van der Waals surface area (Å²) in [7, 11) is 4.65. The summed E-state index contributed by atoms with van der Waals surface area (Å²) in [6.07, 6.45) is 3.50. The van der Waals surface area contributed by atoms with Crippen molar-refractivity contribution >= 4 is 28.6 Å². The Labute approximate surface area is 168 Å². The second-order valence-electron chi connectivity index (χ2n) is 6.48. The van der Waals surface area contributed by atoms with Crippen LogP contribution >= 0.6 is 0 Å². The van der Waals surface area contributed by atoms with Crippen molar-refractivity contribution in [3.63, 3.8) is 0 Å². The Morgan fingerprint density at radius 3 is 2.24 bits per heavy atom. The van der Waals surface area contributed by atoms with Crippen LogP contribution in [0.15, 0.2) is 66.2 Å². The van der Waals surface area contributed by atoms with E-state index in [1.54, 1.807) is 45.6 Å². The molecule has 0 saturated carbocycles. The minimum absolute atomic E-state index is 0.401. The van der Waals surface area contributed by atoms with Gasteiger partial charge < -0.3 is 18.9 Å². The molecule has 5 nitrogen and oxygen atoms in total. The van der Waals surface area contributed by atoms with E-state index in [0.29, 0.717) is 28.6 Å². The van der Waals surface area contributed by atoms with Gasteiger partial charge in [-0.1, -0.05) is 42.5 Å². The van der Waals surface area contributed by atoms with Gasteiger partial charge >= 0.3 is 5.97 Å². The van der Waals surface area contributed by atoms with E-state index in [-0.39, 0.29) is 0 Å². The van der Waals surface area contributed by atoms with Crippen molar-refractivity contribution in [3.05, 3.63) is 77.4 Å². The molecule has 1 aliphatic rings. The van der Waals surface area contributed by atoms with Crippen LogP contribution in [0.25, 0.3) is 22.6 Å². The normalized spacial score (nSPS) is 14.7. The third-order valence-electron chi connectivity index (χ3n) is 4.79. The molecule has 1 heterocycles. The molecule has 0 saturated heterocycles. The molecule has 0 spiro atoms. The maximum atomic E-state index is 12.5. The van der Waals surface area contributed by atoms with Gasteiger partial charge in [-0.05, 0) is 40.6 Å². The van der Waals surface area contributed by atoms with E-state index >= 15 is 0 Å². The van der Waals surface area contributed by atoms with Gasteiger partial charge in [-0.25, -0.2) is 4.79 Å². The Balaban J connectivity index is 1.77. The molecular weight excluding hydrogens is 368 g/mol. The Morgan fingerprint density at radius 1 is 0.862 bits per heavy atom. The molecule has 0 unspecified atom stereocenters. The molecule has 5 heteroatoms. The van der Waals surface area contributed by atoms with Crippen LogP contribution in [0.4, 0.5) is 0 Å². The van der Waals surface area contributed by atoms with Crippen LogP contribution in [0.2, 0.25) is 0 Å². The Kier molecular flexibility index (Phi) is 4.96. The van der Waals surface area contributed by atoms with E-state index in [1.807, 2.05) is 42.5 Å². The predicted molar refractivity (Wildman–Crippen MR) is 112 cm³/mol. The number of hydrogen-bond acceptors (Lipinski definition) is 5. The molecule has 29 heavy (non-hydrogen) atoms. The summed E-state index contributed by atoms with van der Waals surface area (Å²) in [5.74, 6) is 1.66. The summed E-state index contributed by atoms with van der Waals surface area (Å²) in [5.41, 5.74) is 2.06. The number of cyclic esters (lactones) is 1. The molecule has 0 N–H and O–H groups in total. The number of hydrogen-bond donors (Lipinski definition) is 0. The van der Waals surface area contributed by atoms with E-state index in [4.69, 9.17) is 18.9 Å². The summed E-state index contributed by atoms with van der Waals surface area (Å²) < 4.78 is 21.7. The van der Waals surface area contributed by atoms with Crippen LogP contribution in [0, 0.1) is 0 Å². The first-order chi connectivity index (χ1) is 14.1. The van der Waals surface area contributed by atoms with Gasteiger partial charge in [0, 0.05) is 5.56 Å². The lowest BCUT2D eigenvalue weighted by atomic mass is 10.0. The smallest absolute Gasteiger partial charge is 0.343 e. The quantitative estimate of drug-likeness (QED) is 0.462. The second-order valence-corrected chi connectivity index (χ2v) is 6.48. The summed E-state index contributed by atoms with van der Waals surface area (Å²) >= 11 is 0. The average molecular weight is 388 g/mol. The van der Waals surface area contributed by atoms with Crippen LogP contribution in [0.3, 0.4) is 0 Å². The highest BCUT2D eigenvalue weighted by Gasteiger charge is 2.23. The fourth-order valence-electron chi connectivity index (χ4n) is 3.43. The zero-order chi connectivity index (χ0) is 20.4. The van der Waals surface area contributed by atoms with Gasteiger partial charge in [-0.15, -0.1) is 0 Å². The summed E-state index contributed by atoms with van der Waals surface area (Å²) in [5, 5.41) is 2.12. The molecule has 0 bridgehead atoms. The number of esters is 1. The van der Waals surface area contributed by atoms with Gasteiger partial charge in [0.1, 0.15) is 5.76 Å². The highest BCUT2D eigenvalue weighted by atomic mass is 16.5. The largest absolute Gasteiger partial charge is 0.493 e. The zero-order valence-corrected chi connectivity index (χ0v) is 16.4. The van der Waals surface area contributed by atoms with Gasteiger partial charge in [-0.2, -0.15) is 0 Å². The molecule has 146 valence electrons. The topological polar surface area (TPSA) is 54.0 Å². The Morgan fingerprint density at radius 2 is 1.55 bits per heavy atom. The van der Waals surface area contributed by atoms with Crippen molar-refractivity contribution in [2.24, 2.45) is 0 Å². The molecule has 4 rings (SSSR count). The molecule has 1 aliphatic heterocycles. The highest BCUT2D eigenvalue weighted by Crippen LogP contribution is 2.39. The SMILES string of the molecule is COc1cc(C=C2C=C(c3cccc4ccccc34)OC2=O)cc(OC)c1OC. The highest BCUT2D eigenvalue weighted by molar-refractivity contribution is 6.07. The zero-order valence-electron chi connectivity index (χ0n) is 16.4. The minimum Gasteiger partial charge on any atom is -0.493 e. The molecule has 0 radical (unpaired) electrons. The Hall–Kier alpha value is -3.73. The standard InChI is InChI=1S/C24H20O5/c1-26-21-12-15(13-22(27-2)23(21)28-3)11-17-14-20(29-24(17)25)19-10-6-8-16-7-4-5-9-18(16)19/h4-14H,1-3H3. The third kappa shape index (κ3) is 3.43.